The molecule has 37 heavy (non-hydrogen) atoms. The van der Waals surface area contributed by atoms with Crippen LogP contribution in [0.15, 0.2) is 36.8 Å². The molecule has 0 bridgehead atoms. The number of nitrogen functional groups attached to an aromatic ring is 1. The summed E-state index contributed by atoms with van der Waals surface area (Å²) in [7, 11) is 1.56. The number of carbonyl (C=O) groups is 1. The van der Waals surface area contributed by atoms with Gasteiger partial charge in [0.25, 0.3) is 11.8 Å². The standard InChI is InChI=1S/C24H25F2N9O2/c1-14-32-21(22(36)29-11-16-3-4-18-17(19(16)37-2)5-7-28-20(18)27)33-35(14)12-15-9-30-23(31-10-15)34-8-6-24(25,26)13-34/h3-5,7,9-10H,6,8,11-13H2,1-2H3,(H2,27,28)(H,29,36). The fourth-order valence-electron chi connectivity index (χ4n) is 4.27. The van der Waals surface area contributed by atoms with Gasteiger partial charge in [-0.3, -0.25) is 4.79 Å². The number of nitrogens with one attached hydrogen (secondary N) is 1. The van der Waals surface area contributed by atoms with Gasteiger partial charge in [-0.25, -0.2) is 33.4 Å². The van der Waals surface area contributed by atoms with Crippen molar-refractivity contribution < 1.29 is 18.3 Å². The molecule has 1 fully saturated rings. The van der Waals surface area contributed by atoms with Crippen molar-refractivity contribution in [3.63, 3.8) is 0 Å². The average Bonchev–Trinajstić information content (AvgIpc) is 3.44. The Morgan fingerprint density at radius 2 is 1.97 bits per heavy atom. The highest BCUT2D eigenvalue weighted by Crippen LogP contribution is 2.32. The van der Waals surface area contributed by atoms with Crippen molar-refractivity contribution in [2.75, 3.05) is 30.8 Å². The van der Waals surface area contributed by atoms with Gasteiger partial charge in [-0.1, -0.05) is 12.1 Å². The van der Waals surface area contributed by atoms with Crippen molar-refractivity contribution in [2.45, 2.75) is 32.4 Å². The first-order chi connectivity index (χ1) is 17.7. The Hall–Kier alpha value is -4.42. The normalized spacial score (nSPS) is 14.8. The van der Waals surface area contributed by atoms with Crippen LogP contribution in [0.25, 0.3) is 10.8 Å². The Kier molecular flexibility index (Phi) is 6.27. The third-order valence-electron chi connectivity index (χ3n) is 6.19. The van der Waals surface area contributed by atoms with Crippen molar-refractivity contribution in [2.24, 2.45) is 0 Å². The highest BCUT2D eigenvalue weighted by atomic mass is 19.3. The van der Waals surface area contributed by atoms with Crippen LogP contribution >= 0.6 is 0 Å². The fraction of sp³-hybridized carbons (Fsp3) is 0.333. The summed E-state index contributed by atoms with van der Waals surface area (Å²) in [6, 6.07) is 5.46. The molecule has 1 amide bonds. The largest absolute Gasteiger partial charge is 0.496 e. The second-order valence-electron chi connectivity index (χ2n) is 8.79. The maximum Gasteiger partial charge on any atom is 0.291 e. The number of hydrogen-bond donors (Lipinski definition) is 2. The van der Waals surface area contributed by atoms with Gasteiger partial charge in [0.2, 0.25) is 11.8 Å². The molecule has 0 radical (unpaired) electrons. The number of benzene rings is 1. The van der Waals surface area contributed by atoms with E-state index < -0.39 is 11.8 Å². The first kappa shape index (κ1) is 24.3. The third-order valence-corrected chi connectivity index (χ3v) is 6.19. The van der Waals surface area contributed by atoms with Gasteiger partial charge < -0.3 is 20.7 Å². The van der Waals surface area contributed by atoms with E-state index in [2.05, 4.69) is 30.4 Å². The zero-order chi connectivity index (χ0) is 26.2. The fourth-order valence-corrected chi connectivity index (χ4v) is 4.27. The molecular formula is C24H25F2N9O2. The summed E-state index contributed by atoms with van der Waals surface area (Å²) in [6.45, 7) is 2.03. The number of nitrogens with two attached hydrogens (primary N) is 1. The van der Waals surface area contributed by atoms with Crippen molar-refractivity contribution in [3.8, 4) is 5.75 Å². The zero-order valence-corrected chi connectivity index (χ0v) is 20.3. The number of ether oxygens (including phenoxy) is 1. The second-order valence-corrected chi connectivity index (χ2v) is 8.79. The van der Waals surface area contributed by atoms with Gasteiger partial charge in [-0.05, 0) is 13.0 Å². The van der Waals surface area contributed by atoms with E-state index in [-0.39, 0.29) is 44.4 Å². The molecule has 0 atom stereocenters. The van der Waals surface area contributed by atoms with E-state index in [9.17, 15) is 13.6 Å². The summed E-state index contributed by atoms with van der Waals surface area (Å²) in [6.07, 6.45) is 4.52. The van der Waals surface area contributed by atoms with Crippen LogP contribution in [0.4, 0.5) is 20.5 Å². The number of nitrogens with zero attached hydrogens (tertiary/aromatic N) is 7. The van der Waals surface area contributed by atoms with Crippen LogP contribution in [0.2, 0.25) is 0 Å². The predicted octanol–water partition coefficient (Wildman–Crippen LogP) is 2.34. The third kappa shape index (κ3) is 4.97. The van der Waals surface area contributed by atoms with Crippen LogP contribution in [-0.4, -0.2) is 61.7 Å². The number of fused-ring (bicyclic) bond motifs is 1. The molecule has 0 unspecified atom stereocenters. The molecule has 0 saturated carbocycles. The summed E-state index contributed by atoms with van der Waals surface area (Å²) in [5, 5.41) is 8.70. The van der Waals surface area contributed by atoms with Gasteiger partial charge in [-0.2, -0.15) is 0 Å². The average molecular weight is 510 g/mol. The van der Waals surface area contributed by atoms with E-state index in [0.717, 1.165) is 16.3 Å². The molecule has 1 aromatic carbocycles. The maximum atomic E-state index is 13.5. The molecule has 4 heterocycles. The monoisotopic (exact) mass is 509 g/mol. The molecule has 3 N–H and O–H groups in total. The van der Waals surface area contributed by atoms with Crippen molar-refractivity contribution in [3.05, 3.63) is 59.6 Å². The lowest BCUT2D eigenvalue weighted by Gasteiger charge is -2.15. The van der Waals surface area contributed by atoms with Crippen molar-refractivity contribution in [1.82, 2.24) is 35.0 Å². The first-order valence-corrected chi connectivity index (χ1v) is 11.6. The van der Waals surface area contributed by atoms with E-state index in [1.165, 1.54) is 4.90 Å². The molecule has 192 valence electrons. The lowest BCUT2D eigenvalue weighted by molar-refractivity contribution is 0.0256. The molecule has 13 heteroatoms. The number of carbonyl (C=O) groups excluding carboxylic acids is 1. The van der Waals surface area contributed by atoms with Crippen LogP contribution in [0.3, 0.4) is 0 Å². The summed E-state index contributed by atoms with van der Waals surface area (Å²) >= 11 is 0. The van der Waals surface area contributed by atoms with Gasteiger partial charge in [0.05, 0.1) is 20.2 Å². The number of halogens is 2. The van der Waals surface area contributed by atoms with Crippen LogP contribution < -0.4 is 20.7 Å². The minimum absolute atomic E-state index is 0.0162. The predicted molar refractivity (Wildman–Crippen MR) is 132 cm³/mol. The molecule has 1 aliphatic heterocycles. The molecule has 4 aromatic rings. The number of alkyl halides is 2. The Morgan fingerprint density at radius 1 is 1.19 bits per heavy atom. The van der Waals surface area contributed by atoms with Crippen LogP contribution in [0.5, 0.6) is 5.75 Å². The van der Waals surface area contributed by atoms with E-state index in [4.69, 9.17) is 10.5 Å². The zero-order valence-electron chi connectivity index (χ0n) is 20.3. The second kappa shape index (κ2) is 9.56. The summed E-state index contributed by atoms with van der Waals surface area (Å²) in [5.41, 5.74) is 7.41. The topological polar surface area (TPSA) is 137 Å². The van der Waals surface area contributed by atoms with E-state index in [1.807, 2.05) is 12.1 Å². The van der Waals surface area contributed by atoms with Gasteiger partial charge in [0, 0.05) is 60.0 Å². The maximum absolute atomic E-state index is 13.5. The molecule has 3 aromatic heterocycles. The number of hydrogen-bond acceptors (Lipinski definition) is 9. The van der Waals surface area contributed by atoms with E-state index >= 15 is 0 Å². The molecular weight excluding hydrogens is 484 g/mol. The molecule has 1 aliphatic rings. The molecule has 0 aliphatic carbocycles. The Labute approximate surface area is 210 Å². The van der Waals surface area contributed by atoms with Crippen LogP contribution in [-0.2, 0) is 13.1 Å². The Bertz CT molecular complexity index is 1460. The van der Waals surface area contributed by atoms with Gasteiger partial charge in [0.15, 0.2) is 0 Å². The number of pyridine rings is 1. The number of methoxy groups -OCH3 is 1. The van der Waals surface area contributed by atoms with Gasteiger partial charge in [0.1, 0.15) is 17.4 Å². The van der Waals surface area contributed by atoms with Gasteiger partial charge >= 0.3 is 0 Å². The lowest BCUT2D eigenvalue weighted by atomic mass is 10.1. The van der Waals surface area contributed by atoms with Crippen molar-refractivity contribution >= 4 is 28.4 Å². The summed E-state index contributed by atoms with van der Waals surface area (Å²) in [4.78, 5) is 31.0. The number of aromatic nitrogens is 6. The minimum Gasteiger partial charge on any atom is -0.496 e. The van der Waals surface area contributed by atoms with Crippen LogP contribution in [0, 0.1) is 6.92 Å². The molecule has 5 rings (SSSR count). The van der Waals surface area contributed by atoms with E-state index in [1.54, 1.807) is 43.4 Å². The van der Waals surface area contributed by atoms with Crippen LogP contribution in [0.1, 0.15) is 34.0 Å². The lowest BCUT2D eigenvalue weighted by Crippen LogP contribution is -2.26. The number of aryl methyl sites for hydroxylation is 1. The highest BCUT2D eigenvalue weighted by Gasteiger charge is 2.39. The SMILES string of the molecule is COc1c(CNC(=O)c2nc(C)n(Cc3cnc(N4CCC(F)(F)C4)nc3)n2)ccc2c(N)nccc12. The quantitative estimate of drug-likeness (QED) is 0.385. The van der Waals surface area contributed by atoms with Crippen molar-refractivity contribution in [1.29, 1.82) is 0 Å². The summed E-state index contributed by atoms with van der Waals surface area (Å²) in [5.74, 6) is -1.36. The Morgan fingerprint density at radius 3 is 2.68 bits per heavy atom. The molecule has 11 nitrogen and oxygen atoms in total. The summed E-state index contributed by atoms with van der Waals surface area (Å²) < 4.78 is 34.1. The highest BCUT2D eigenvalue weighted by molar-refractivity contribution is 5.96. The number of rotatable bonds is 7. The van der Waals surface area contributed by atoms with Gasteiger partial charge in [-0.15, -0.1) is 5.10 Å². The van der Waals surface area contributed by atoms with E-state index in [0.29, 0.717) is 23.0 Å². The molecule has 0 spiro atoms. The minimum atomic E-state index is -2.72. The Balaban J connectivity index is 1.25. The first-order valence-electron chi connectivity index (χ1n) is 11.6. The number of amides is 1. The number of anilines is 2. The molecule has 1 saturated heterocycles. The smallest absolute Gasteiger partial charge is 0.291 e.